The molecule has 3 saturated carbocycles. The van der Waals surface area contributed by atoms with Crippen LogP contribution in [-0.2, 0) is 9.59 Å². The summed E-state index contributed by atoms with van der Waals surface area (Å²) in [6, 6.07) is 0. The maximum absolute atomic E-state index is 12.4. The number of aldehydes is 1. The fraction of sp³-hybridized carbons (Fsp3) is 0.700. The van der Waals surface area contributed by atoms with E-state index in [4.69, 9.17) is 0 Å². The molecule has 0 aromatic heterocycles. The monoisotopic (exact) mass is 298 g/mol. The molecule has 0 bridgehead atoms. The van der Waals surface area contributed by atoms with Crippen LogP contribution in [0.3, 0.4) is 0 Å². The molecule has 0 spiro atoms. The van der Waals surface area contributed by atoms with Crippen molar-refractivity contribution in [3.05, 3.63) is 23.8 Å². The van der Waals surface area contributed by atoms with Crippen molar-refractivity contribution in [2.24, 2.45) is 28.6 Å². The number of carbonyl (C=O) groups excluding carboxylic acids is 2. The molecule has 2 heteroatoms. The highest BCUT2D eigenvalue weighted by Gasteiger charge is 2.60. The molecule has 0 aliphatic heterocycles. The van der Waals surface area contributed by atoms with Crippen LogP contribution in [-0.4, -0.2) is 12.1 Å². The van der Waals surface area contributed by atoms with Crippen LogP contribution in [0, 0.1) is 28.6 Å². The Morgan fingerprint density at radius 2 is 1.95 bits per heavy atom. The van der Waals surface area contributed by atoms with Gasteiger partial charge in [0, 0.05) is 11.8 Å². The molecule has 22 heavy (non-hydrogen) atoms. The van der Waals surface area contributed by atoms with E-state index in [1.165, 1.54) is 17.4 Å². The van der Waals surface area contributed by atoms with Gasteiger partial charge in [-0.05, 0) is 62.7 Å². The van der Waals surface area contributed by atoms with Gasteiger partial charge >= 0.3 is 0 Å². The van der Waals surface area contributed by atoms with Crippen LogP contribution in [0.4, 0.5) is 0 Å². The molecule has 0 aromatic rings. The zero-order valence-corrected chi connectivity index (χ0v) is 13.6. The zero-order chi connectivity index (χ0) is 15.5. The Balaban J connectivity index is 1.74. The fourth-order valence-corrected chi connectivity index (χ4v) is 6.35. The molecular weight excluding hydrogens is 272 g/mol. The standard InChI is InChI=1S/C20H26O2/c1-13-7-10-20(12-21)14(11-13)3-4-15-16-5-6-18(22)19(16,2)9-8-17(15)20/h11-12,15-17H,1,3-10H2,2H3/t15-,16-,17+,19-,20+/m0/s1. The van der Waals surface area contributed by atoms with E-state index in [0.717, 1.165) is 51.4 Å². The van der Waals surface area contributed by atoms with Crippen molar-refractivity contribution in [1.82, 2.24) is 0 Å². The van der Waals surface area contributed by atoms with Gasteiger partial charge in [-0.1, -0.05) is 30.7 Å². The van der Waals surface area contributed by atoms with Crippen LogP contribution in [0.1, 0.15) is 58.3 Å². The van der Waals surface area contributed by atoms with Crippen molar-refractivity contribution < 1.29 is 9.59 Å². The molecule has 0 heterocycles. The molecule has 0 saturated heterocycles. The van der Waals surface area contributed by atoms with E-state index < -0.39 is 0 Å². The average molecular weight is 298 g/mol. The number of rotatable bonds is 1. The highest BCUT2D eigenvalue weighted by molar-refractivity contribution is 5.87. The summed E-state index contributed by atoms with van der Waals surface area (Å²) in [4.78, 5) is 24.6. The second kappa shape index (κ2) is 4.66. The lowest BCUT2D eigenvalue weighted by atomic mass is 9.47. The van der Waals surface area contributed by atoms with Gasteiger partial charge in [0.15, 0.2) is 0 Å². The molecule has 0 aromatic carbocycles. The largest absolute Gasteiger partial charge is 0.302 e. The SMILES string of the molecule is C=C1C=C2CC[C@@H]3[C@@H](CC[C@]4(C)C(=O)CC[C@@H]34)[C@@]2(C=O)CC1. The van der Waals surface area contributed by atoms with Gasteiger partial charge in [0.1, 0.15) is 12.1 Å². The summed E-state index contributed by atoms with van der Waals surface area (Å²) in [5.41, 5.74) is 2.19. The van der Waals surface area contributed by atoms with Gasteiger partial charge in [-0.2, -0.15) is 0 Å². The van der Waals surface area contributed by atoms with Gasteiger partial charge in [0.05, 0.1) is 5.41 Å². The summed E-state index contributed by atoms with van der Waals surface area (Å²) in [7, 11) is 0. The number of carbonyl (C=O) groups is 2. The lowest BCUT2D eigenvalue weighted by Crippen LogP contribution is -2.52. The molecule has 4 aliphatic carbocycles. The Morgan fingerprint density at radius 3 is 2.73 bits per heavy atom. The summed E-state index contributed by atoms with van der Waals surface area (Å²) >= 11 is 0. The topological polar surface area (TPSA) is 34.1 Å². The van der Waals surface area contributed by atoms with Crippen LogP contribution in [0.5, 0.6) is 0 Å². The molecular formula is C20H26O2. The van der Waals surface area contributed by atoms with Crippen molar-refractivity contribution in [1.29, 1.82) is 0 Å². The van der Waals surface area contributed by atoms with E-state index in [1.807, 2.05) is 0 Å². The van der Waals surface area contributed by atoms with Crippen LogP contribution in [0.25, 0.3) is 0 Å². The molecule has 3 fully saturated rings. The number of Topliss-reactive ketones (excluding diaryl/α,β-unsaturated/α-hetero) is 1. The zero-order valence-electron chi connectivity index (χ0n) is 13.6. The van der Waals surface area contributed by atoms with Gasteiger partial charge in [-0.3, -0.25) is 4.79 Å². The van der Waals surface area contributed by atoms with E-state index in [9.17, 15) is 9.59 Å². The smallest absolute Gasteiger partial charge is 0.139 e. The first-order valence-electron chi connectivity index (χ1n) is 8.90. The van der Waals surface area contributed by atoms with E-state index in [-0.39, 0.29) is 10.8 Å². The molecule has 4 aliphatic rings. The third kappa shape index (κ3) is 1.67. The normalized spacial score (nSPS) is 47.3. The molecule has 0 unspecified atom stereocenters. The Bertz CT molecular complexity index is 587. The molecule has 2 nitrogen and oxygen atoms in total. The molecule has 4 rings (SSSR count). The molecule has 0 amide bonds. The number of hydrogen-bond acceptors (Lipinski definition) is 2. The first-order valence-corrected chi connectivity index (χ1v) is 8.90. The minimum atomic E-state index is -0.239. The summed E-state index contributed by atoms with van der Waals surface area (Å²) in [6.07, 6.45) is 11.4. The second-order valence-corrected chi connectivity index (χ2v) is 8.32. The maximum atomic E-state index is 12.4. The Labute approximate surface area is 133 Å². The van der Waals surface area contributed by atoms with E-state index in [1.54, 1.807) is 0 Å². The quantitative estimate of drug-likeness (QED) is 0.678. The van der Waals surface area contributed by atoms with Crippen LogP contribution in [0.15, 0.2) is 23.8 Å². The lowest BCUT2D eigenvalue weighted by molar-refractivity contribution is -0.135. The molecule has 0 radical (unpaired) electrons. The highest BCUT2D eigenvalue weighted by atomic mass is 16.1. The first-order chi connectivity index (χ1) is 10.5. The molecule has 0 N–H and O–H groups in total. The van der Waals surface area contributed by atoms with Gasteiger partial charge < -0.3 is 4.79 Å². The Kier molecular flexibility index (Phi) is 3.05. The Morgan fingerprint density at radius 1 is 1.14 bits per heavy atom. The lowest BCUT2D eigenvalue weighted by Gasteiger charge is -2.56. The van der Waals surface area contributed by atoms with Gasteiger partial charge in [0.25, 0.3) is 0 Å². The fourth-order valence-electron chi connectivity index (χ4n) is 6.35. The molecule has 118 valence electrons. The number of ketones is 1. The summed E-state index contributed by atoms with van der Waals surface area (Å²) < 4.78 is 0. The van der Waals surface area contributed by atoms with Crippen molar-refractivity contribution >= 4 is 12.1 Å². The number of fused-ring (bicyclic) bond motifs is 5. The predicted molar refractivity (Wildman–Crippen MR) is 86.2 cm³/mol. The molecule has 5 atom stereocenters. The highest BCUT2D eigenvalue weighted by Crippen LogP contribution is 2.64. The van der Waals surface area contributed by atoms with Gasteiger partial charge in [0.2, 0.25) is 0 Å². The number of hydrogen-bond donors (Lipinski definition) is 0. The van der Waals surface area contributed by atoms with E-state index in [0.29, 0.717) is 23.5 Å². The van der Waals surface area contributed by atoms with Crippen molar-refractivity contribution in [2.45, 2.75) is 58.3 Å². The summed E-state index contributed by atoms with van der Waals surface area (Å²) in [5.74, 6) is 2.03. The van der Waals surface area contributed by atoms with Crippen LogP contribution in [0.2, 0.25) is 0 Å². The van der Waals surface area contributed by atoms with Gasteiger partial charge in [-0.25, -0.2) is 0 Å². The maximum Gasteiger partial charge on any atom is 0.139 e. The summed E-state index contributed by atoms with van der Waals surface area (Å²) in [5, 5.41) is 0. The van der Waals surface area contributed by atoms with Crippen molar-refractivity contribution in [3.8, 4) is 0 Å². The van der Waals surface area contributed by atoms with E-state index in [2.05, 4.69) is 19.6 Å². The predicted octanol–water partition coefficient (Wildman–Crippen LogP) is 4.25. The number of allylic oxidation sites excluding steroid dienone is 3. The van der Waals surface area contributed by atoms with Crippen LogP contribution < -0.4 is 0 Å². The summed E-state index contributed by atoms with van der Waals surface area (Å²) in [6.45, 7) is 6.31. The van der Waals surface area contributed by atoms with Gasteiger partial charge in [-0.15, -0.1) is 0 Å². The van der Waals surface area contributed by atoms with Crippen molar-refractivity contribution in [2.75, 3.05) is 0 Å². The average Bonchev–Trinajstić information content (AvgIpc) is 2.82. The third-order valence-electron chi connectivity index (χ3n) is 7.60. The minimum absolute atomic E-state index is 0.0925. The minimum Gasteiger partial charge on any atom is -0.302 e. The Hall–Kier alpha value is -1.18. The van der Waals surface area contributed by atoms with Crippen LogP contribution >= 0.6 is 0 Å². The van der Waals surface area contributed by atoms with Crippen molar-refractivity contribution in [3.63, 3.8) is 0 Å². The third-order valence-corrected chi connectivity index (χ3v) is 7.60. The van der Waals surface area contributed by atoms with E-state index >= 15 is 0 Å². The first kappa shape index (κ1) is 14.4. The second-order valence-electron chi connectivity index (χ2n) is 8.32.